The summed E-state index contributed by atoms with van der Waals surface area (Å²) in [7, 11) is 0. The number of hydrogen-bond donors (Lipinski definition) is 2. The van der Waals surface area contributed by atoms with Gasteiger partial charge in [0.25, 0.3) is 0 Å². The zero-order valence-corrected chi connectivity index (χ0v) is 9.17. The molecule has 0 bridgehead atoms. The van der Waals surface area contributed by atoms with E-state index in [1.807, 2.05) is 6.26 Å². The molecule has 1 atom stereocenters. The molecule has 6 heteroatoms. The maximum Gasteiger partial charge on any atom is 0.321 e. The second kappa shape index (κ2) is 7.03. The summed E-state index contributed by atoms with van der Waals surface area (Å²) >= 11 is 7.05. The third-order valence-electron chi connectivity index (χ3n) is 1.19. The molecule has 0 saturated carbocycles. The Kier molecular flexibility index (Phi) is 6.80. The number of imide groups is 1. The molecule has 0 spiro atoms. The Balaban J connectivity index is 3.56. The first-order chi connectivity index (χ1) is 6.07. The summed E-state index contributed by atoms with van der Waals surface area (Å²) in [5.41, 5.74) is 0. The fourth-order valence-corrected chi connectivity index (χ4v) is 0.883. The molecule has 0 saturated heterocycles. The van der Waals surface area contributed by atoms with E-state index in [4.69, 9.17) is 11.6 Å². The molecule has 2 N–H and O–H groups in total. The number of thioether (sulfide) groups is 1. The summed E-state index contributed by atoms with van der Waals surface area (Å²) in [4.78, 5) is 21.8. The van der Waals surface area contributed by atoms with Crippen molar-refractivity contribution >= 4 is 35.3 Å². The van der Waals surface area contributed by atoms with Crippen LogP contribution in [0.4, 0.5) is 4.79 Å². The standard InChI is InChI=1S/C7H13ClN2O2S/c1-5(8)6(11)10-7(12)9-3-4-13-2/h5H,3-4H2,1-2H3,(H2,9,10,11,12). The molecule has 0 fully saturated rings. The lowest BCUT2D eigenvalue weighted by Gasteiger charge is -2.06. The van der Waals surface area contributed by atoms with Crippen molar-refractivity contribution in [2.24, 2.45) is 0 Å². The number of nitrogens with one attached hydrogen (secondary N) is 2. The number of amides is 3. The van der Waals surface area contributed by atoms with Gasteiger partial charge >= 0.3 is 6.03 Å². The summed E-state index contributed by atoms with van der Waals surface area (Å²) in [5, 5.41) is 3.94. The average Bonchev–Trinajstić information content (AvgIpc) is 2.04. The molecule has 3 amide bonds. The maximum atomic E-state index is 10.9. The second-order valence-electron chi connectivity index (χ2n) is 2.35. The monoisotopic (exact) mass is 224 g/mol. The summed E-state index contributed by atoms with van der Waals surface area (Å²) in [5.74, 6) is 0.334. The van der Waals surface area contributed by atoms with Crippen LogP contribution < -0.4 is 10.6 Å². The third kappa shape index (κ3) is 6.72. The van der Waals surface area contributed by atoms with Crippen molar-refractivity contribution in [1.29, 1.82) is 0 Å². The Hall–Kier alpha value is -0.420. The van der Waals surface area contributed by atoms with Crippen molar-refractivity contribution in [2.75, 3.05) is 18.6 Å². The van der Waals surface area contributed by atoms with Crippen molar-refractivity contribution in [3.63, 3.8) is 0 Å². The first-order valence-electron chi connectivity index (χ1n) is 3.79. The van der Waals surface area contributed by atoms with Gasteiger partial charge in [-0.2, -0.15) is 11.8 Å². The molecule has 1 unspecified atom stereocenters. The minimum absolute atomic E-state index is 0.483. The number of urea groups is 1. The summed E-state index contributed by atoms with van der Waals surface area (Å²) in [6, 6.07) is -0.494. The fraction of sp³-hybridized carbons (Fsp3) is 0.714. The molecule has 0 heterocycles. The lowest BCUT2D eigenvalue weighted by Crippen LogP contribution is -2.42. The molecule has 4 nitrogen and oxygen atoms in total. The van der Waals surface area contributed by atoms with Crippen LogP contribution in [0.15, 0.2) is 0 Å². The van der Waals surface area contributed by atoms with Crippen LogP contribution in [0, 0.1) is 0 Å². The number of hydrogen-bond acceptors (Lipinski definition) is 3. The van der Waals surface area contributed by atoms with Crippen molar-refractivity contribution in [2.45, 2.75) is 12.3 Å². The number of halogens is 1. The molecule has 0 aromatic rings. The number of alkyl halides is 1. The molecule has 0 aliphatic heterocycles. The van der Waals surface area contributed by atoms with E-state index in [0.29, 0.717) is 6.54 Å². The van der Waals surface area contributed by atoms with Crippen LogP contribution in [0.2, 0.25) is 0 Å². The zero-order chi connectivity index (χ0) is 10.3. The Morgan fingerprint density at radius 1 is 1.54 bits per heavy atom. The smallest absolute Gasteiger partial charge is 0.321 e. The largest absolute Gasteiger partial charge is 0.337 e. The van der Waals surface area contributed by atoms with Gasteiger partial charge in [0.15, 0.2) is 0 Å². The van der Waals surface area contributed by atoms with Crippen LogP contribution in [-0.2, 0) is 4.79 Å². The number of carbonyl (C=O) groups is 2. The van der Waals surface area contributed by atoms with Gasteiger partial charge in [0.2, 0.25) is 5.91 Å². The Morgan fingerprint density at radius 3 is 2.62 bits per heavy atom. The molecule has 76 valence electrons. The van der Waals surface area contributed by atoms with E-state index >= 15 is 0 Å². The molecule has 0 aliphatic rings. The van der Waals surface area contributed by atoms with Crippen molar-refractivity contribution in [1.82, 2.24) is 10.6 Å². The van der Waals surface area contributed by atoms with Gasteiger partial charge in [0.1, 0.15) is 5.38 Å². The van der Waals surface area contributed by atoms with E-state index in [-0.39, 0.29) is 0 Å². The van der Waals surface area contributed by atoms with E-state index < -0.39 is 17.3 Å². The van der Waals surface area contributed by atoms with Gasteiger partial charge in [-0.3, -0.25) is 10.1 Å². The molecule has 0 aromatic heterocycles. The molecular weight excluding hydrogens is 212 g/mol. The molecular formula is C7H13ClN2O2S. The van der Waals surface area contributed by atoms with Gasteiger partial charge in [-0.25, -0.2) is 4.79 Å². The fourth-order valence-electron chi connectivity index (χ4n) is 0.522. The molecule has 0 aromatic carbocycles. The predicted molar refractivity (Wildman–Crippen MR) is 55.2 cm³/mol. The number of rotatable bonds is 4. The van der Waals surface area contributed by atoms with Crippen LogP contribution in [0.5, 0.6) is 0 Å². The second-order valence-corrected chi connectivity index (χ2v) is 3.99. The summed E-state index contributed by atoms with van der Waals surface area (Å²) in [6.07, 6.45) is 1.94. The van der Waals surface area contributed by atoms with Crippen LogP contribution in [0.25, 0.3) is 0 Å². The van der Waals surface area contributed by atoms with Gasteiger partial charge in [-0.1, -0.05) is 0 Å². The lowest BCUT2D eigenvalue weighted by molar-refractivity contribution is -0.119. The Labute approximate surface area is 86.8 Å². The van der Waals surface area contributed by atoms with Gasteiger partial charge in [0, 0.05) is 12.3 Å². The van der Waals surface area contributed by atoms with Crippen molar-refractivity contribution in [3.8, 4) is 0 Å². The highest BCUT2D eigenvalue weighted by Gasteiger charge is 2.11. The van der Waals surface area contributed by atoms with E-state index in [9.17, 15) is 9.59 Å². The Morgan fingerprint density at radius 2 is 2.15 bits per heavy atom. The van der Waals surface area contributed by atoms with Gasteiger partial charge < -0.3 is 5.32 Å². The average molecular weight is 225 g/mol. The SMILES string of the molecule is CSCCNC(=O)NC(=O)C(C)Cl. The van der Waals surface area contributed by atoms with Crippen molar-refractivity contribution < 1.29 is 9.59 Å². The first kappa shape index (κ1) is 12.6. The van der Waals surface area contributed by atoms with Gasteiger partial charge in [0.05, 0.1) is 0 Å². The third-order valence-corrected chi connectivity index (χ3v) is 2.00. The van der Waals surface area contributed by atoms with Gasteiger partial charge in [-0.05, 0) is 13.2 Å². The highest BCUT2D eigenvalue weighted by atomic mass is 35.5. The molecule has 0 rings (SSSR count). The van der Waals surface area contributed by atoms with Crippen LogP contribution in [-0.4, -0.2) is 35.9 Å². The summed E-state index contributed by atoms with van der Waals surface area (Å²) in [6.45, 7) is 2.04. The minimum Gasteiger partial charge on any atom is -0.337 e. The quantitative estimate of drug-likeness (QED) is 0.549. The highest BCUT2D eigenvalue weighted by Crippen LogP contribution is 1.91. The van der Waals surface area contributed by atoms with E-state index in [2.05, 4.69) is 10.6 Å². The molecule has 13 heavy (non-hydrogen) atoms. The molecule has 0 radical (unpaired) electrons. The predicted octanol–water partition coefficient (Wildman–Crippen LogP) is 0.802. The maximum absolute atomic E-state index is 10.9. The molecule has 0 aliphatic carbocycles. The van der Waals surface area contributed by atoms with Crippen LogP contribution in [0.3, 0.4) is 0 Å². The van der Waals surface area contributed by atoms with Gasteiger partial charge in [-0.15, -0.1) is 11.6 Å². The van der Waals surface area contributed by atoms with Crippen molar-refractivity contribution in [3.05, 3.63) is 0 Å². The van der Waals surface area contributed by atoms with Crippen LogP contribution >= 0.6 is 23.4 Å². The van der Waals surface area contributed by atoms with Crippen LogP contribution in [0.1, 0.15) is 6.92 Å². The normalized spacial score (nSPS) is 11.9. The minimum atomic E-state index is -0.689. The lowest BCUT2D eigenvalue weighted by atomic mass is 10.4. The first-order valence-corrected chi connectivity index (χ1v) is 5.62. The number of carbonyl (C=O) groups excluding carboxylic acids is 2. The van der Waals surface area contributed by atoms with E-state index in [1.165, 1.54) is 6.92 Å². The Bertz CT molecular complexity index is 187. The van der Waals surface area contributed by atoms with E-state index in [0.717, 1.165) is 5.75 Å². The van der Waals surface area contributed by atoms with E-state index in [1.54, 1.807) is 11.8 Å². The topological polar surface area (TPSA) is 58.2 Å². The zero-order valence-electron chi connectivity index (χ0n) is 7.59. The summed E-state index contributed by atoms with van der Waals surface area (Å²) < 4.78 is 0. The highest BCUT2D eigenvalue weighted by molar-refractivity contribution is 7.98.